The Kier molecular flexibility index (Phi) is 16.8. The van der Waals surface area contributed by atoms with Crippen LogP contribution in [0.3, 0.4) is 0 Å². The Balaban J connectivity index is 0. The van der Waals surface area contributed by atoms with Crippen LogP contribution in [0.1, 0.15) is 48.5 Å². The van der Waals surface area contributed by atoms with Gasteiger partial charge in [0, 0.05) is 25.7 Å². The number of benzene rings is 1. The smallest absolute Gasteiger partial charge is 0.223 e. The van der Waals surface area contributed by atoms with Crippen molar-refractivity contribution in [3.8, 4) is 5.75 Å². The highest BCUT2D eigenvalue weighted by molar-refractivity contribution is 5.78. The van der Waals surface area contributed by atoms with Crippen LogP contribution in [-0.4, -0.2) is 32.3 Å². The first-order valence-corrected chi connectivity index (χ1v) is 8.77. The third-order valence-electron chi connectivity index (χ3n) is 3.19. The zero-order chi connectivity index (χ0) is 19.0. The lowest BCUT2D eigenvalue weighted by molar-refractivity contribution is -0.126. The number of nitrogens with one attached hydrogen (secondary N) is 1. The second kappa shape index (κ2) is 16.3. The van der Waals surface area contributed by atoms with E-state index in [0.29, 0.717) is 5.92 Å². The van der Waals surface area contributed by atoms with E-state index in [0.717, 1.165) is 19.0 Å². The Morgan fingerprint density at radius 2 is 1.50 bits per heavy atom. The van der Waals surface area contributed by atoms with E-state index in [9.17, 15) is 4.79 Å². The molecule has 1 amide bonds. The van der Waals surface area contributed by atoms with Crippen LogP contribution in [0, 0.1) is 11.8 Å². The Morgan fingerprint density at radius 1 is 1.00 bits per heavy atom. The van der Waals surface area contributed by atoms with Gasteiger partial charge in [0.05, 0.1) is 6.61 Å². The summed E-state index contributed by atoms with van der Waals surface area (Å²) < 4.78 is 9.75. The van der Waals surface area contributed by atoms with Crippen LogP contribution < -0.4 is 10.1 Å². The van der Waals surface area contributed by atoms with Crippen molar-refractivity contribution in [2.24, 2.45) is 11.8 Å². The minimum atomic E-state index is 0.123. The number of carbonyl (C=O) groups is 1. The number of hydrogen-bond acceptors (Lipinski definition) is 3. The average Bonchev–Trinajstić information content (AvgIpc) is 2.55. The van der Waals surface area contributed by atoms with Gasteiger partial charge in [-0.2, -0.15) is 0 Å². The van der Waals surface area contributed by atoms with Crippen LogP contribution in [0.15, 0.2) is 30.3 Å². The summed E-state index contributed by atoms with van der Waals surface area (Å²) in [7, 11) is 1.68. The van der Waals surface area contributed by atoms with E-state index in [4.69, 9.17) is 4.74 Å². The van der Waals surface area contributed by atoms with Gasteiger partial charge in [-0.1, -0.05) is 39.0 Å². The molecule has 0 aliphatic heterocycles. The first-order chi connectivity index (χ1) is 11.3. The Labute approximate surface area is 148 Å². The fraction of sp³-hybridized carbons (Fsp3) is 0.650. The van der Waals surface area contributed by atoms with Crippen molar-refractivity contribution < 1.29 is 14.3 Å². The topological polar surface area (TPSA) is 47.6 Å². The first kappa shape index (κ1) is 24.7. The van der Waals surface area contributed by atoms with Gasteiger partial charge in [0.15, 0.2) is 0 Å². The number of amides is 1. The summed E-state index contributed by atoms with van der Waals surface area (Å²) in [4.78, 5) is 11.3. The second-order valence-corrected chi connectivity index (χ2v) is 6.02. The van der Waals surface area contributed by atoms with Gasteiger partial charge in [-0.05, 0) is 45.7 Å². The van der Waals surface area contributed by atoms with Gasteiger partial charge < -0.3 is 14.8 Å². The Bertz CT molecular complexity index is 389. The molecule has 0 bridgehead atoms. The van der Waals surface area contributed by atoms with Crippen molar-refractivity contribution in [2.45, 2.75) is 54.5 Å². The lowest BCUT2D eigenvalue weighted by atomic mass is 9.97. The highest BCUT2D eigenvalue weighted by Gasteiger charge is 2.16. The molecule has 1 rings (SSSR count). The molecule has 0 aliphatic carbocycles. The van der Waals surface area contributed by atoms with Crippen LogP contribution in [0.5, 0.6) is 5.75 Å². The zero-order valence-corrected chi connectivity index (χ0v) is 16.8. The zero-order valence-electron chi connectivity index (χ0n) is 16.8. The van der Waals surface area contributed by atoms with Gasteiger partial charge in [0.1, 0.15) is 5.75 Å². The number of ether oxygens (including phenoxy) is 2. The van der Waals surface area contributed by atoms with Gasteiger partial charge >= 0.3 is 0 Å². The Morgan fingerprint density at radius 3 is 1.83 bits per heavy atom. The normalized spacial score (nSPS) is 10.9. The molecule has 4 nitrogen and oxygen atoms in total. The summed E-state index contributed by atoms with van der Waals surface area (Å²) in [5.41, 5.74) is 0. The van der Waals surface area contributed by atoms with Crippen LogP contribution in [0.25, 0.3) is 0 Å². The summed E-state index contributed by atoms with van der Waals surface area (Å²) >= 11 is 0. The van der Waals surface area contributed by atoms with Crippen molar-refractivity contribution in [3.63, 3.8) is 0 Å². The van der Waals surface area contributed by atoms with Crippen LogP contribution in [0.4, 0.5) is 0 Å². The van der Waals surface area contributed by atoms with Crippen molar-refractivity contribution in [1.29, 1.82) is 0 Å². The van der Waals surface area contributed by atoms with E-state index in [2.05, 4.69) is 23.9 Å². The fourth-order valence-corrected chi connectivity index (χ4v) is 1.40. The molecule has 1 N–H and O–H groups in total. The molecule has 0 aromatic heterocycles. The van der Waals surface area contributed by atoms with Crippen molar-refractivity contribution >= 4 is 5.91 Å². The number of methoxy groups -OCH3 is 1. The molecule has 24 heavy (non-hydrogen) atoms. The van der Waals surface area contributed by atoms with E-state index in [1.165, 1.54) is 0 Å². The standard InChI is InChI=1S/C9H19NO.C8H10O.C3H8O/c1-6(2)8(5)9(11)10-7(3)4;1-2-9-8-6-4-3-5-7-8;1-3-4-2/h6-8H,1-5H3,(H,10,11);3-7H,2H2,1H3;3H2,1-2H3. The monoisotopic (exact) mass is 339 g/mol. The first-order valence-electron chi connectivity index (χ1n) is 8.77. The molecule has 0 saturated carbocycles. The Hall–Kier alpha value is -1.55. The molecule has 4 heteroatoms. The van der Waals surface area contributed by atoms with Crippen LogP contribution in [-0.2, 0) is 9.53 Å². The van der Waals surface area contributed by atoms with Crippen LogP contribution in [0.2, 0.25) is 0 Å². The number of para-hydroxylation sites is 1. The molecule has 0 aliphatic rings. The maximum Gasteiger partial charge on any atom is 0.223 e. The van der Waals surface area contributed by atoms with Gasteiger partial charge in [-0.25, -0.2) is 0 Å². The minimum Gasteiger partial charge on any atom is -0.494 e. The number of rotatable bonds is 6. The van der Waals surface area contributed by atoms with E-state index >= 15 is 0 Å². The molecule has 140 valence electrons. The van der Waals surface area contributed by atoms with Crippen molar-refractivity contribution in [2.75, 3.05) is 20.3 Å². The molecule has 1 unspecified atom stereocenters. The van der Waals surface area contributed by atoms with Crippen LogP contribution >= 0.6 is 0 Å². The van der Waals surface area contributed by atoms with Gasteiger partial charge in [-0.15, -0.1) is 0 Å². The van der Waals surface area contributed by atoms with E-state index in [1.54, 1.807) is 7.11 Å². The quantitative estimate of drug-likeness (QED) is 0.827. The molecular formula is C20H37NO3. The highest BCUT2D eigenvalue weighted by Crippen LogP contribution is 2.09. The average molecular weight is 340 g/mol. The molecule has 1 atom stereocenters. The molecule has 1 aromatic carbocycles. The van der Waals surface area contributed by atoms with Crippen molar-refractivity contribution in [3.05, 3.63) is 30.3 Å². The molecule has 0 fully saturated rings. The van der Waals surface area contributed by atoms with Crippen molar-refractivity contribution in [1.82, 2.24) is 5.32 Å². The predicted molar refractivity (Wildman–Crippen MR) is 102 cm³/mol. The maximum atomic E-state index is 11.3. The molecular weight excluding hydrogens is 302 g/mol. The van der Waals surface area contributed by atoms with E-state index in [-0.39, 0.29) is 17.9 Å². The lowest BCUT2D eigenvalue weighted by Gasteiger charge is -2.16. The second-order valence-electron chi connectivity index (χ2n) is 6.02. The lowest BCUT2D eigenvalue weighted by Crippen LogP contribution is -2.36. The third kappa shape index (κ3) is 15.3. The summed E-state index contributed by atoms with van der Waals surface area (Å²) in [6, 6.07) is 10.1. The SMILES string of the molecule is CC(C)NC(=O)C(C)C(C)C.CCOC.CCOc1ccccc1. The predicted octanol–water partition coefficient (Wildman–Crippen LogP) is 4.54. The summed E-state index contributed by atoms with van der Waals surface area (Å²) in [5, 5.41) is 2.88. The maximum absolute atomic E-state index is 11.3. The van der Waals surface area contributed by atoms with E-state index in [1.807, 2.05) is 65.0 Å². The number of hydrogen-bond donors (Lipinski definition) is 1. The summed E-state index contributed by atoms with van der Waals surface area (Å²) in [5.74, 6) is 1.65. The third-order valence-corrected chi connectivity index (χ3v) is 3.19. The molecule has 0 heterocycles. The fourth-order valence-electron chi connectivity index (χ4n) is 1.40. The van der Waals surface area contributed by atoms with E-state index < -0.39 is 0 Å². The summed E-state index contributed by atoms with van der Waals surface area (Å²) in [6.07, 6.45) is 0. The molecule has 0 saturated heterocycles. The molecule has 0 spiro atoms. The largest absolute Gasteiger partial charge is 0.494 e. The van der Waals surface area contributed by atoms with Gasteiger partial charge in [-0.3, -0.25) is 4.79 Å². The summed E-state index contributed by atoms with van der Waals surface area (Å²) in [6.45, 7) is 15.5. The molecule has 1 aromatic rings. The van der Waals surface area contributed by atoms with Gasteiger partial charge in [0.2, 0.25) is 5.91 Å². The van der Waals surface area contributed by atoms with Gasteiger partial charge in [0.25, 0.3) is 0 Å². The number of carbonyl (C=O) groups excluding carboxylic acids is 1. The highest BCUT2D eigenvalue weighted by atomic mass is 16.5. The minimum absolute atomic E-state index is 0.123. The molecule has 0 radical (unpaired) electrons.